The van der Waals surface area contributed by atoms with Crippen molar-refractivity contribution >= 4 is 40.1 Å². The van der Waals surface area contributed by atoms with Gasteiger partial charge < -0.3 is 9.47 Å². The van der Waals surface area contributed by atoms with Crippen molar-refractivity contribution in [3.05, 3.63) is 99.2 Å². The Kier molecular flexibility index (Phi) is 7.19. The number of hydrogen-bond donors (Lipinski definition) is 1. The number of nitro groups is 1. The molecule has 1 heterocycles. The van der Waals surface area contributed by atoms with E-state index in [-0.39, 0.29) is 11.5 Å². The summed E-state index contributed by atoms with van der Waals surface area (Å²) >= 11 is 6.53. The molecule has 0 fully saturated rings. The van der Waals surface area contributed by atoms with Gasteiger partial charge in [0, 0.05) is 12.3 Å². The van der Waals surface area contributed by atoms with Crippen LogP contribution in [0.15, 0.2) is 78.0 Å². The lowest BCUT2D eigenvalue weighted by Gasteiger charge is -2.15. The van der Waals surface area contributed by atoms with E-state index in [1.165, 1.54) is 24.5 Å². The van der Waals surface area contributed by atoms with Crippen LogP contribution in [0.2, 0.25) is 5.02 Å². The summed E-state index contributed by atoms with van der Waals surface area (Å²) in [6.07, 6.45) is 2.91. The van der Waals surface area contributed by atoms with Crippen LogP contribution in [-0.2, 0) is 6.61 Å². The molecule has 0 amide bonds. The molecule has 34 heavy (non-hydrogen) atoms. The van der Waals surface area contributed by atoms with Gasteiger partial charge in [0.05, 0.1) is 22.8 Å². The highest BCUT2D eigenvalue weighted by Gasteiger charge is 2.15. The number of rotatable bonds is 9. The lowest BCUT2D eigenvalue weighted by atomic mass is 10.1. The van der Waals surface area contributed by atoms with E-state index in [0.717, 1.165) is 16.3 Å². The topological polar surface area (TPSA) is 98.9 Å². The molecule has 0 radical (unpaired) electrons. The van der Waals surface area contributed by atoms with Crippen molar-refractivity contribution in [3.63, 3.8) is 0 Å². The first-order valence-electron chi connectivity index (χ1n) is 10.5. The van der Waals surface area contributed by atoms with Crippen molar-refractivity contribution in [2.45, 2.75) is 13.5 Å². The molecule has 0 bridgehead atoms. The van der Waals surface area contributed by atoms with Gasteiger partial charge >= 0.3 is 5.69 Å². The molecule has 4 aromatic rings. The van der Waals surface area contributed by atoms with Crippen LogP contribution in [0.1, 0.15) is 18.1 Å². The number of hydrazone groups is 1. The second kappa shape index (κ2) is 10.6. The molecular formula is C25H21ClN4O4. The average Bonchev–Trinajstić information content (AvgIpc) is 2.84. The first-order valence-corrected chi connectivity index (χ1v) is 10.9. The standard InChI is InChI=1S/C25H21ClN4O4/c1-2-33-23-14-17(15-28-29-25-22(30(31)32)11-6-12-27-25)13-21(26)24(23)34-16-19-9-5-8-18-7-3-4-10-20(18)19/h3-15H,2,16H2,1H3,(H,27,29)/b28-15-. The molecule has 172 valence electrons. The monoisotopic (exact) mass is 476 g/mol. The van der Waals surface area contributed by atoms with Gasteiger partial charge in [-0.2, -0.15) is 5.10 Å². The Bertz CT molecular complexity index is 1350. The SMILES string of the molecule is CCOc1cc(/C=N\Nc2ncccc2[N+](=O)[O-])cc(Cl)c1OCc1cccc2ccccc12. The van der Waals surface area contributed by atoms with E-state index in [0.29, 0.717) is 35.3 Å². The molecule has 0 aliphatic carbocycles. The summed E-state index contributed by atoms with van der Waals surface area (Å²) in [7, 11) is 0. The molecule has 1 N–H and O–H groups in total. The third-order valence-corrected chi connectivity index (χ3v) is 5.23. The van der Waals surface area contributed by atoms with E-state index in [1.54, 1.807) is 12.1 Å². The quantitative estimate of drug-likeness (QED) is 0.175. The Morgan fingerprint density at radius 1 is 1.12 bits per heavy atom. The van der Waals surface area contributed by atoms with Crippen molar-refractivity contribution in [1.29, 1.82) is 0 Å². The van der Waals surface area contributed by atoms with Gasteiger partial charge in [-0.3, -0.25) is 15.5 Å². The number of pyridine rings is 1. The number of anilines is 1. The molecule has 0 saturated carbocycles. The highest BCUT2D eigenvalue weighted by atomic mass is 35.5. The van der Waals surface area contributed by atoms with Crippen LogP contribution >= 0.6 is 11.6 Å². The summed E-state index contributed by atoms with van der Waals surface area (Å²) in [4.78, 5) is 14.5. The fraction of sp³-hybridized carbons (Fsp3) is 0.120. The summed E-state index contributed by atoms with van der Waals surface area (Å²) in [5, 5.41) is 17.8. The van der Waals surface area contributed by atoms with E-state index < -0.39 is 4.92 Å². The maximum atomic E-state index is 11.1. The van der Waals surface area contributed by atoms with Gasteiger partial charge in [-0.25, -0.2) is 4.98 Å². The molecule has 4 rings (SSSR count). The number of aromatic nitrogens is 1. The Balaban J connectivity index is 1.55. The van der Waals surface area contributed by atoms with Crippen molar-refractivity contribution in [1.82, 2.24) is 4.98 Å². The van der Waals surface area contributed by atoms with Crippen LogP contribution in [0.25, 0.3) is 10.8 Å². The normalized spacial score (nSPS) is 11.0. The molecule has 1 aromatic heterocycles. The lowest BCUT2D eigenvalue weighted by molar-refractivity contribution is -0.384. The summed E-state index contributed by atoms with van der Waals surface area (Å²) in [5.41, 5.74) is 4.07. The summed E-state index contributed by atoms with van der Waals surface area (Å²) in [6, 6.07) is 20.4. The van der Waals surface area contributed by atoms with Gasteiger partial charge in [-0.05, 0) is 47.0 Å². The number of fused-ring (bicyclic) bond motifs is 1. The summed E-state index contributed by atoms with van der Waals surface area (Å²) in [6.45, 7) is 2.60. The number of hydrogen-bond acceptors (Lipinski definition) is 7. The molecule has 3 aromatic carbocycles. The molecule has 0 saturated heterocycles. The predicted octanol–water partition coefficient (Wildman–Crippen LogP) is 6.22. The van der Waals surface area contributed by atoms with Gasteiger partial charge in [0.2, 0.25) is 5.82 Å². The number of ether oxygens (including phenoxy) is 2. The first-order chi connectivity index (χ1) is 16.6. The van der Waals surface area contributed by atoms with Crippen LogP contribution in [-0.4, -0.2) is 22.7 Å². The van der Waals surface area contributed by atoms with Crippen LogP contribution < -0.4 is 14.9 Å². The molecule has 0 spiro atoms. The smallest absolute Gasteiger partial charge is 0.313 e. The third kappa shape index (κ3) is 5.24. The zero-order valence-corrected chi connectivity index (χ0v) is 19.0. The molecule has 0 unspecified atom stereocenters. The number of nitrogens with one attached hydrogen (secondary N) is 1. The second-order valence-electron chi connectivity index (χ2n) is 7.19. The Morgan fingerprint density at radius 3 is 2.76 bits per heavy atom. The lowest BCUT2D eigenvalue weighted by Crippen LogP contribution is -2.02. The van der Waals surface area contributed by atoms with Gasteiger partial charge in [-0.1, -0.05) is 54.1 Å². The first kappa shape index (κ1) is 23.0. The highest BCUT2D eigenvalue weighted by molar-refractivity contribution is 6.32. The van der Waals surface area contributed by atoms with Gasteiger partial charge in [0.15, 0.2) is 11.5 Å². The molecule has 8 nitrogen and oxygen atoms in total. The Hall–Kier alpha value is -4.17. The molecular weight excluding hydrogens is 456 g/mol. The minimum atomic E-state index is -0.531. The van der Waals surface area contributed by atoms with Gasteiger partial charge in [0.25, 0.3) is 0 Å². The van der Waals surface area contributed by atoms with E-state index in [2.05, 4.69) is 33.7 Å². The van der Waals surface area contributed by atoms with Gasteiger partial charge in [-0.15, -0.1) is 0 Å². The minimum Gasteiger partial charge on any atom is -0.490 e. The number of benzene rings is 3. The van der Waals surface area contributed by atoms with Crippen LogP contribution in [0.5, 0.6) is 11.5 Å². The average molecular weight is 477 g/mol. The maximum Gasteiger partial charge on any atom is 0.313 e. The fourth-order valence-corrected chi connectivity index (χ4v) is 3.71. The molecule has 0 atom stereocenters. The van der Waals surface area contributed by atoms with E-state index >= 15 is 0 Å². The third-order valence-electron chi connectivity index (χ3n) is 4.95. The maximum absolute atomic E-state index is 11.1. The van der Waals surface area contributed by atoms with Crippen molar-refractivity contribution in [3.8, 4) is 11.5 Å². The summed E-state index contributed by atoms with van der Waals surface area (Å²) in [5.74, 6) is 0.942. The minimum absolute atomic E-state index is 0.0370. The molecule has 9 heteroatoms. The Labute approximate surface area is 201 Å². The van der Waals surface area contributed by atoms with Crippen LogP contribution in [0.3, 0.4) is 0 Å². The van der Waals surface area contributed by atoms with Crippen LogP contribution in [0.4, 0.5) is 11.5 Å². The van der Waals surface area contributed by atoms with Gasteiger partial charge in [0.1, 0.15) is 6.61 Å². The van der Waals surface area contributed by atoms with E-state index in [9.17, 15) is 10.1 Å². The van der Waals surface area contributed by atoms with Crippen molar-refractivity contribution in [2.24, 2.45) is 5.10 Å². The molecule has 0 aliphatic heterocycles. The number of nitrogens with zero attached hydrogens (tertiary/aromatic N) is 3. The zero-order valence-electron chi connectivity index (χ0n) is 18.3. The summed E-state index contributed by atoms with van der Waals surface area (Å²) < 4.78 is 11.8. The van der Waals surface area contributed by atoms with Crippen molar-refractivity contribution in [2.75, 3.05) is 12.0 Å². The van der Waals surface area contributed by atoms with E-state index in [4.69, 9.17) is 21.1 Å². The molecule has 0 aliphatic rings. The zero-order chi connectivity index (χ0) is 23.9. The van der Waals surface area contributed by atoms with Crippen molar-refractivity contribution < 1.29 is 14.4 Å². The predicted molar refractivity (Wildman–Crippen MR) is 133 cm³/mol. The number of halogens is 1. The fourth-order valence-electron chi connectivity index (χ4n) is 3.43. The highest BCUT2D eigenvalue weighted by Crippen LogP contribution is 2.37. The second-order valence-corrected chi connectivity index (χ2v) is 7.60. The largest absolute Gasteiger partial charge is 0.490 e. The van der Waals surface area contributed by atoms with E-state index in [1.807, 2.05) is 31.2 Å². The Morgan fingerprint density at radius 2 is 1.94 bits per heavy atom. The van der Waals surface area contributed by atoms with Crippen LogP contribution in [0, 0.1) is 10.1 Å².